The molecule has 1 aliphatic rings. The van der Waals surface area contributed by atoms with E-state index in [1.165, 1.54) is 13.2 Å². The highest BCUT2D eigenvalue weighted by Crippen LogP contribution is 2.00. The first-order valence-corrected chi connectivity index (χ1v) is 2.41. The van der Waals surface area contributed by atoms with Crippen LogP contribution in [-0.2, 0) is 4.74 Å². The van der Waals surface area contributed by atoms with Gasteiger partial charge in [-0.3, -0.25) is 10.9 Å². The molecule has 4 nitrogen and oxygen atoms in total. The third kappa shape index (κ3) is 1.07. The predicted molar refractivity (Wildman–Crippen MR) is 30.7 cm³/mol. The Bertz CT molecular complexity index is 162. The van der Waals surface area contributed by atoms with E-state index in [-0.39, 0.29) is 5.76 Å². The maximum absolute atomic E-state index is 8.90. The quantitative estimate of drug-likeness (QED) is 0.456. The van der Waals surface area contributed by atoms with Crippen molar-refractivity contribution >= 4 is 0 Å². The summed E-state index contributed by atoms with van der Waals surface area (Å²) >= 11 is 0. The summed E-state index contributed by atoms with van der Waals surface area (Å²) in [6, 6.07) is 0. The van der Waals surface area contributed by atoms with E-state index in [4.69, 9.17) is 5.11 Å². The number of aliphatic hydroxyl groups is 1. The van der Waals surface area contributed by atoms with Crippen molar-refractivity contribution in [3.8, 4) is 0 Å². The van der Waals surface area contributed by atoms with Crippen LogP contribution in [0.15, 0.2) is 17.7 Å². The maximum Gasteiger partial charge on any atom is 0.248 e. The average molecular weight is 127 g/mol. The molecule has 0 saturated heterocycles. The number of hydrogen-bond acceptors (Lipinski definition) is 4. The first-order chi connectivity index (χ1) is 4.34. The molecule has 3 N–H and O–H groups in total. The maximum atomic E-state index is 8.90. The highest BCUT2D eigenvalue weighted by atomic mass is 16.5. The number of aliphatic hydroxyl groups excluding tert-OH is 1. The number of nitrogens with one attached hydrogen (secondary N) is 2. The molecule has 4 heteroatoms. The summed E-state index contributed by atoms with van der Waals surface area (Å²) in [5.74, 6) is 0.338. The minimum Gasteiger partial charge on any atom is -0.503 e. The molecule has 0 aromatic rings. The first-order valence-electron chi connectivity index (χ1n) is 2.41. The Morgan fingerprint density at radius 3 is 3.00 bits per heavy atom. The van der Waals surface area contributed by atoms with Crippen molar-refractivity contribution in [1.82, 2.24) is 10.9 Å². The van der Waals surface area contributed by atoms with Gasteiger partial charge in [0.25, 0.3) is 0 Å². The molecular weight excluding hydrogens is 120 g/mol. The summed E-state index contributed by atoms with van der Waals surface area (Å²) in [4.78, 5) is 0. The van der Waals surface area contributed by atoms with Gasteiger partial charge < -0.3 is 9.84 Å². The minimum absolute atomic E-state index is 0.0382. The van der Waals surface area contributed by atoms with Gasteiger partial charge in [0, 0.05) is 6.08 Å². The van der Waals surface area contributed by atoms with Crippen LogP contribution in [0.3, 0.4) is 0 Å². The molecule has 0 bridgehead atoms. The topological polar surface area (TPSA) is 53.5 Å². The van der Waals surface area contributed by atoms with Crippen LogP contribution in [0.5, 0.6) is 0 Å². The first kappa shape index (κ1) is 5.81. The molecule has 0 aromatic heterocycles. The third-order valence-corrected chi connectivity index (χ3v) is 0.894. The van der Waals surface area contributed by atoms with Crippen LogP contribution in [0, 0.1) is 6.20 Å². The second kappa shape index (κ2) is 2.30. The fraction of sp³-hybridized carbons (Fsp3) is 0.200. The summed E-state index contributed by atoms with van der Waals surface area (Å²) in [7, 11) is 1.46. The molecule has 0 amide bonds. The van der Waals surface area contributed by atoms with E-state index in [9.17, 15) is 0 Å². The van der Waals surface area contributed by atoms with E-state index in [1.807, 2.05) is 0 Å². The smallest absolute Gasteiger partial charge is 0.248 e. The molecule has 0 aliphatic carbocycles. The number of rotatable bonds is 1. The Morgan fingerprint density at radius 1 is 1.78 bits per heavy atom. The lowest BCUT2D eigenvalue weighted by Gasteiger charge is -2.12. The van der Waals surface area contributed by atoms with Gasteiger partial charge in [-0.1, -0.05) is 0 Å². The van der Waals surface area contributed by atoms with Crippen molar-refractivity contribution in [2.75, 3.05) is 7.11 Å². The Morgan fingerprint density at radius 2 is 2.56 bits per heavy atom. The van der Waals surface area contributed by atoms with Crippen LogP contribution in [0.2, 0.25) is 0 Å². The zero-order valence-corrected chi connectivity index (χ0v) is 4.93. The summed E-state index contributed by atoms with van der Waals surface area (Å²) < 4.78 is 4.69. The van der Waals surface area contributed by atoms with Crippen LogP contribution in [0.4, 0.5) is 0 Å². The molecule has 9 heavy (non-hydrogen) atoms. The van der Waals surface area contributed by atoms with Crippen molar-refractivity contribution in [2.24, 2.45) is 0 Å². The van der Waals surface area contributed by atoms with Crippen molar-refractivity contribution in [3.63, 3.8) is 0 Å². The molecule has 1 heterocycles. The highest BCUT2D eigenvalue weighted by molar-refractivity contribution is 5.13. The second-order valence-corrected chi connectivity index (χ2v) is 1.46. The molecule has 0 fully saturated rings. The minimum atomic E-state index is 0.0382. The van der Waals surface area contributed by atoms with E-state index in [0.29, 0.717) is 5.88 Å². The van der Waals surface area contributed by atoms with Crippen molar-refractivity contribution in [1.29, 1.82) is 0 Å². The number of hydrogen-bond donors (Lipinski definition) is 3. The van der Waals surface area contributed by atoms with Crippen molar-refractivity contribution in [2.45, 2.75) is 0 Å². The van der Waals surface area contributed by atoms with Crippen LogP contribution < -0.4 is 10.9 Å². The van der Waals surface area contributed by atoms with Gasteiger partial charge in [0.05, 0.1) is 13.3 Å². The molecule has 1 aliphatic heterocycles. The van der Waals surface area contributed by atoms with Gasteiger partial charge in [-0.15, -0.1) is 0 Å². The normalized spacial score (nSPS) is 16.6. The van der Waals surface area contributed by atoms with Crippen molar-refractivity contribution in [3.05, 3.63) is 23.9 Å². The summed E-state index contributed by atoms with van der Waals surface area (Å²) in [5.41, 5.74) is 5.05. The SMILES string of the molecule is COC1=C(O)C=[C]NN1. The molecular formula is C5H7N2O2. The zero-order valence-electron chi connectivity index (χ0n) is 4.93. The van der Waals surface area contributed by atoms with E-state index >= 15 is 0 Å². The lowest BCUT2D eigenvalue weighted by atomic mass is 10.4. The zero-order chi connectivity index (χ0) is 6.69. The summed E-state index contributed by atoms with van der Waals surface area (Å²) in [6.07, 6.45) is 3.90. The number of allylic oxidation sites excluding steroid dienone is 1. The molecule has 0 saturated carbocycles. The Kier molecular flexibility index (Phi) is 1.48. The Labute approximate surface area is 52.8 Å². The highest BCUT2D eigenvalue weighted by Gasteiger charge is 2.04. The summed E-state index contributed by atoms with van der Waals surface area (Å²) in [6.45, 7) is 0. The largest absolute Gasteiger partial charge is 0.503 e. The number of methoxy groups -OCH3 is 1. The van der Waals surface area contributed by atoms with Gasteiger partial charge in [0.15, 0.2) is 5.76 Å². The fourth-order valence-electron chi connectivity index (χ4n) is 0.482. The molecule has 0 spiro atoms. The van der Waals surface area contributed by atoms with Crippen LogP contribution in [-0.4, -0.2) is 12.2 Å². The Hall–Kier alpha value is -1.32. The Balaban J connectivity index is 2.72. The van der Waals surface area contributed by atoms with Crippen molar-refractivity contribution < 1.29 is 9.84 Å². The van der Waals surface area contributed by atoms with Gasteiger partial charge in [0.1, 0.15) is 0 Å². The van der Waals surface area contributed by atoms with Crippen LogP contribution >= 0.6 is 0 Å². The third-order valence-electron chi connectivity index (χ3n) is 0.894. The average Bonchev–Trinajstić information content (AvgIpc) is 1.89. The second-order valence-electron chi connectivity index (χ2n) is 1.46. The number of hydrazine groups is 1. The lowest BCUT2D eigenvalue weighted by molar-refractivity contribution is 0.220. The van der Waals surface area contributed by atoms with Gasteiger partial charge in [-0.05, 0) is 0 Å². The van der Waals surface area contributed by atoms with Gasteiger partial charge >= 0.3 is 0 Å². The standard InChI is InChI=1S/C5H7N2O2/c1-9-5-4(8)2-3-6-7-5/h2,6-8H,1H3. The van der Waals surface area contributed by atoms with Gasteiger partial charge in [-0.2, -0.15) is 0 Å². The fourth-order valence-corrected chi connectivity index (χ4v) is 0.482. The van der Waals surface area contributed by atoms with E-state index in [0.717, 1.165) is 0 Å². The van der Waals surface area contributed by atoms with Gasteiger partial charge in [0.2, 0.25) is 5.88 Å². The molecule has 1 rings (SSSR count). The van der Waals surface area contributed by atoms with Crippen LogP contribution in [0.1, 0.15) is 0 Å². The molecule has 1 radical (unpaired) electrons. The van der Waals surface area contributed by atoms with Gasteiger partial charge in [-0.25, -0.2) is 0 Å². The molecule has 0 aromatic carbocycles. The summed E-state index contributed by atoms with van der Waals surface area (Å²) in [5, 5.41) is 8.90. The monoisotopic (exact) mass is 127 g/mol. The van der Waals surface area contributed by atoms with E-state index < -0.39 is 0 Å². The molecule has 0 atom stereocenters. The lowest BCUT2D eigenvalue weighted by Crippen LogP contribution is -2.31. The van der Waals surface area contributed by atoms with Crippen LogP contribution in [0.25, 0.3) is 0 Å². The molecule has 0 unspecified atom stereocenters. The predicted octanol–water partition coefficient (Wildman–Crippen LogP) is -0.215. The van der Waals surface area contributed by atoms with E-state index in [2.05, 4.69) is 21.8 Å². The molecule has 49 valence electrons. The van der Waals surface area contributed by atoms with E-state index in [1.54, 1.807) is 0 Å². The number of ether oxygens (including phenoxy) is 1.